The second-order valence-corrected chi connectivity index (χ2v) is 10.6. The largest absolute Gasteiger partial charge is 0.385 e. The lowest BCUT2D eigenvalue weighted by molar-refractivity contribution is -0.128. The molecule has 6 nitrogen and oxygen atoms in total. The highest BCUT2D eigenvalue weighted by Gasteiger charge is 2.36. The molecule has 6 rings (SSSR count). The van der Waals surface area contributed by atoms with Crippen molar-refractivity contribution in [2.75, 3.05) is 26.8 Å². The Bertz CT molecular complexity index is 1490. The van der Waals surface area contributed by atoms with Crippen molar-refractivity contribution >= 4 is 22.4 Å². The van der Waals surface area contributed by atoms with Crippen molar-refractivity contribution in [2.45, 2.75) is 44.8 Å². The summed E-state index contributed by atoms with van der Waals surface area (Å²) < 4.78 is 7.60. The molecule has 1 aliphatic heterocycles. The quantitative estimate of drug-likeness (QED) is 0.274. The van der Waals surface area contributed by atoms with Crippen LogP contribution in [0.25, 0.3) is 27.6 Å². The molecule has 0 radical (unpaired) electrons. The number of methoxy groups -OCH3 is 1. The monoisotopic (exact) mass is 520 g/mol. The number of amides is 1. The minimum Gasteiger partial charge on any atom is -0.385 e. The second-order valence-electron chi connectivity index (χ2n) is 10.6. The van der Waals surface area contributed by atoms with Crippen LogP contribution in [0.5, 0.6) is 0 Å². The molecule has 200 valence electrons. The molecule has 39 heavy (non-hydrogen) atoms. The Morgan fingerprint density at radius 2 is 1.92 bits per heavy atom. The van der Waals surface area contributed by atoms with Gasteiger partial charge in [0, 0.05) is 80.0 Å². The molecule has 6 heteroatoms. The third kappa shape index (κ3) is 5.54. The number of para-hydroxylation sites is 1. The highest BCUT2D eigenvalue weighted by atomic mass is 16.5. The molecule has 3 heterocycles. The van der Waals surface area contributed by atoms with Crippen LogP contribution in [0.15, 0.2) is 84.8 Å². The third-order valence-electron chi connectivity index (χ3n) is 7.89. The number of pyridine rings is 1. The van der Waals surface area contributed by atoms with Gasteiger partial charge in [-0.15, -0.1) is 0 Å². The average Bonchev–Trinajstić information content (AvgIpc) is 3.78. The molecule has 1 fully saturated rings. The number of nitrogens with zero attached hydrogens (tertiary/aromatic N) is 3. The van der Waals surface area contributed by atoms with Gasteiger partial charge in [-0.25, -0.2) is 0 Å². The number of carbonyl (C=O) groups is 1. The minimum absolute atomic E-state index is 0.169. The van der Waals surface area contributed by atoms with E-state index in [0.29, 0.717) is 19.1 Å². The number of hydrogen-bond donors (Lipinski definition) is 1. The topological polar surface area (TPSA) is 59.4 Å². The Morgan fingerprint density at radius 1 is 1.08 bits per heavy atom. The Hall–Kier alpha value is -3.74. The molecule has 1 saturated carbocycles. The minimum atomic E-state index is 0.169. The van der Waals surface area contributed by atoms with E-state index in [0.717, 1.165) is 73.2 Å². The van der Waals surface area contributed by atoms with Crippen molar-refractivity contribution in [2.24, 2.45) is 0 Å². The fourth-order valence-electron chi connectivity index (χ4n) is 5.75. The summed E-state index contributed by atoms with van der Waals surface area (Å²) >= 11 is 0. The van der Waals surface area contributed by atoms with E-state index in [1.807, 2.05) is 12.3 Å². The zero-order valence-corrected chi connectivity index (χ0v) is 22.6. The summed E-state index contributed by atoms with van der Waals surface area (Å²) in [5, 5.41) is 4.70. The molecule has 2 aromatic heterocycles. The van der Waals surface area contributed by atoms with E-state index in [4.69, 9.17) is 4.74 Å². The summed E-state index contributed by atoms with van der Waals surface area (Å²) in [6.07, 6.45) is 9.88. The first-order valence-electron chi connectivity index (χ1n) is 14.0. The van der Waals surface area contributed by atoms with Crippen molar-refractivity contribution in [3.8, 4) is 11.1 Å². The third-order valence-corrected chi connectivity index (χ3v) is 7.89. The van der Waals surface area contributed by atoms with Gasteiger partial charge in [-0.1, -0.05) is 42.5 Å². The first-order valence-corrected chi connectivity index (χ1v) is 14.0. The average molecular weight is 521 g/mol. The van der Waals surface area contributed by atoms with Crippen molar-refractivity contribution in [1.29, 1.82) is 0 Å². The van der Waals surface area contributed by atoms with Crippen LogP contribution in [-0.4, -0.2) is 53.2 Å². The molecule has 1 amide bonds. The van der Waals surface area contributed by atoms with Crippen LogP contribution in [0.1, 0.15) is 36.8 Å². The molecular formula is C33H36N4O2. The molecule has 1 aliphatic carbocycles. The van der Waals surface area contributed by atoms with Crippen LogP contribution in [0, 0.1) is 0 Å². The lowest BCUT2D eigenvalue weighted by Gasteiger charge is -2.28. The van der Waals surface area contributed by atoms with Gasteiger partial charge in [0.2, 0.25) is 0 Å². The first-order chi connectivity index (χ1) is 19.2. The van der Waals surface area contributed by atoms with Crippen LogP contribution < -0.4 is 5.32 Å². The summed E-state index contributed by atoms with van der Waals surface area (Å²) in [6, 6.07) is 21.4. The predicted molar refractivity (Wildman–Crippen MR) is 156 cm³/mol. The molecule has 2 aliphatic rings. The molecule has 4 aromatic rings. The molecule has 0 spiro atoms. The van der Waals surface area contributed by atoms with Gasteiger partial charge in [-0.3, -0.25) is 9.78 Å². The van der Waals surface area contributed by atoms with Crippen molar-refractivity contribution in [1.82, 2.24) is 19.8 Å². The van der Waals surface area contributed by atoms with E-state index in [2.05, 4.69) is 80.6 Å². The Balaban J connectivity index is 1.32. The summed E-state index contributed by atoms with van der Waals surface area (Å²) in [5.74, 6) is 0.169. The van der Waals surface area contributed by atoms with E-state index in [1.165, 1.54) is 16.5 Å². The number of aromatic nitrogens is 2. The van der Waals surface area contributed by atoms with E-state index < -0.39 is 0 Å². The van der Waals surface area contributed by atoms with Gasteiger partial charge in [0.15, 0.2) is 0 Å². The van der Waals surface area contributed by atoms with Gasteiger partial charge >= 0.3 is 0 Å². The van der Waals surface area contributed by atoms with Gasteiger partial charge in [0.1, 0.15) is 0 Å². The van der Waals surface area contributed by atoms with E-state index >= 15 is 0 Å². The van der Waals surface area contributed by atoms with E-state index in [9.17, 15) is 4.79 Å². The van der Waals surface area contributed by atoms with Crippen molar-refractivity contribution in [3.05, 3.63) is 96.0 Å². The molecule has 0 saturated heterocycles. The molecular weight excluding hydrogens is 484 g/mol. The van der Waals surface area contributed by atoms with E-state index in [-0.39, 0.29) is 5.91 Å². The van der Waals surface area contributed by atoms with Crippen LogP contribution in [-0.2, 0) is 22.6 Å². The summed E-state index contributed by atoms with van der Waals surface area (Å²) in [5.41, 5.74) is 7.84. The van der Waals surface area contributed by atoms with Gasteiger partial charge in [-0.05, 0) is 72.7 Å². The van der Waals surface area contributed by atoms with E-state index in [1.54, 1.807) is 13.3 Å². The Labute approximate surface area is 230 Å². The molecule has 0 unspecified atom stereocenters. The number of hydrogen-bond acceptors (Lipinski definition) is 4. The number of rotatable bonds is 10. The van der Waals surface area contributed by atoms with Crippen molar-refractivity contribution in [3.63, 3.8) is 0 Å². The highest BCUT2D eigenvalue weighted by molar-refractivity contribution is 6.02. The number of ether oxygens (including phenoxy) is 1. The van der Waals surface area contributed by atoms with Gasteiger partial charge in [-0.2, -0.15) is 0 Å². The van der Waals surface area contributed by atoms with Crippen LogP contribution in [0.4, 0.5) is 0 Å². The van der Waals surface area contributed by atoms with Crippen LogP contribution in [0.2, 0.25) is 0 Å². The zero-order valence-electron chi connectivity index (χ0n) is 22.6. The van der Waals surface area contributed by atoms with Gasteiger partial charge in [0.25, 0.3) is 5.91 Å². The number of benzene rings is 2. The predicted octanol–water partition coefficient (Wildman–Crippen LogP) is 5.68. The van der Waals surface area contributed by atoms with Gasteiger partial charge in [0.05, 0.1) is 0 Å². The number of aryl methyl sites for hydroxylation is 1. The second kappa shape index (κ2) is 11.6. The molecule has 1 N–H and O–H groups in total. The summed E-state index contributed by atoms with van der Waals surface area (Å²) in [7, 11) is 1.75. The molecule has 0 atom stereocenters. The number of nitrogens with one attached hydrogen (secondary N) is 1. The maximum absolute atomic E-state index is 14.3. The molecule has 0 bridgehead atoms. The number of fused-ring (bicyclic) bond motifs is 1. The maximum Gasteiger partial charge on any atom is 0.251 e. The maximum atomic E-state index is 14.3. The van der Waals surface area contributed by atoms with Gasteiger partial charge < -0.3 is 19.5 Å². The lowest BCUT2D eigenvalue weighted by Crippen LogP contribution is -2.39. The SMILES string of the molecule is COCCCn1cc(CN(C(=O)C2=C(c3cccc(-c4cccnc4)c3)CCNC2)C2CC2)c2ccccc21. The lowest BCUT2D eigenvalue weighted by atomic mass is 9.91. The highest BCUT2D eigenvalue weighted by Crippen LogP contribution is 2.35. The smallest absolute Gasteiger partial charge is 0.251 e. The van der Waals surface area contributed by atoms with Crippen LogP contribution >= 0.6 is 0 Å². The Kier molecular flexibility index (Phi) is 7.57. The van der Waals surface area contributed by atoms with Crippen molar-refractivity contribution < 1.29 is 9.53 Å². The fourth-order valence-corrected chi connectivity index (χ4v) is 5.75. The number of carbonyl (C=O) groups excluding carboxylic acids is 1. The zero-order chi connectivity index (χ0) is 26.6. The standard InChI is InChI=1S/C33H36N4O2/c1-39-18-6-17-36-22-27(30-10-2-3-11-32(30)36)23-37(28-12-13-28)33(38)31-21-35-16-14-29(31)25-8-4-7-24(19-25)26-9-5-15-34-20-26/h2-5,7-11,15,19-20,22,28,35H,6,12-14,16-18,21,23H2,1H3. The fraction of sp³-hybridized carbons (Fsp3) is 0.333. The summed E-state index contributed by atoms with van der Waals surface area (Å²) in [6.45, 7) is 3.75. The molecule has 2 aromatic carbocycles. The van der Waals surface area contributed by atoms with Crippen LogP contribution in [0.3, 0.4) is 0 Å². The first kappa shape index (κ1) is 25.5. The summed E-state index contributed by atoms with van der Waals surface area (Å²) in [4.78, 5) is 20.7. The Morgan fingerprint density at radius 3 is 2.74 bits per heavy atom. The normalized spacial score (nSPS) is 15.6.